The van der Waals surface area contributed by atoms with Crippen LogP contribution in [0.1, 0.15) is 20.8 Å². The number of methoxy groups -OCH3 is 1. The molecule has 0 rings (SSSR count). The van der Waals surface area contributed by atoms with E-state index in [-0.39, 0.29) is 11.4 Å². The zero-order valence-electron chi connectivity index (χ0n) is 9.13. The highest BCUT2D eigenvalue weighted by Gasteiger charge is 2.48. The summed E-state index contributed by atoms with van der Waals surface area (Å²) < 4.78 is 4.35. The van der Waals surface area contributed by atoms with Gasteiger partial charge in [0.05, 0.1) is 7.11 Å². The van der Waals surface area contributed by atoms with E-state index in [4.69, 9.17) is 4.74 Å². The zero-order chi connectivity index (χ0) is 10.7. The van der Waals surface area contributed by atoms with Gasteiger partial charge in [-0.1, -0.05) is 20.8 Å². The number of hydrogen-bond donors (Lipinski definition) is 0. The molecule has 0 spiro atoms. The van der Waals surface area contributed by atoms with E-state index in [2.05, 4.69) is 20.8 Å². The monoisotopic (exact) mass is 222 g/mol. The van der Waals surface area contributed by atoms with E-state index in [0.29, 0.717) is 0 Å². The molecule has 2 nitrogen and oxygen atoms in total. The van der Waals surface area contributed by atoms with Crippen LogP contribution in [0.4, 0.5) is 0 Å². The lowest BCUT2D eigenvalue weighted by atomic mass is 9.91. The molecule has 0 aliphatic carbocycles. The van der Waals surface area contributed by atoms with Crippen LogP contribution >= 0.6 is 23.5 Å². The summed E-state index contributed by atoms with van der Waals surface area (Å²) in [5.74, 6) is -0.153. The molecular formula is C9H18O2S2. The average Bonchev–Trinajstić information content (AvgIpc) is 2.04. The Morgan fingerprint density at radius 1 is 1.15 bits per heavy atom. The minimum absolute atomic E-state index is 0.112. The van der Waals surface area contributed by atoms with Crippen LogP contribution in [0.15, 0.2) is 0 Å². The van der Waals surface area contributed by atoms with E-state index in [1.54, 1.807) is 23.5 Å². The van der Waals surface area contributed by atoms with Gasteiger partial charge >= 0.3 is 5.97 Å². The van der Waals surface area contributed by atoms with Gasteiger partial charge in [0, 0.05) is 0 Å². The van der Waals surface area contributed by atoms with Crippen LogP contribution in [0, 0.1) is 5.41 Å². The van der Waals surface area contributed by atoms with Gasteiger partial charge in [-0.25, -0.2) is 4.79 Å². The quantitative estimate of drug-likeness (QED) is 0.542. The van der Waals surface area contributed by atoms with Gasteiger partial charge < -0.3 is 4.74 Å². The van der Waals surface area contributed by atoms with Crippen molar-refractivity contribution in [2.24, 2.45) is 5.41 Å². The van der Waals surface area contributed by atoms with E-state index in [1.165, 1.54) is 7.11 Å². The number of rotatable bonds is 3. The molecule has 0 saturated heterocycles. The lowest BCUT2D eigenvalue weighted by molar-refractivity contribution is -0.143. The lowest BCUT2D eigenvalue weighted by Gasteiger charge is -2.39. The first-order chi connectivity index (χ1) is 5.85. The summed E-state index contributed by atoms with van der Waals surface area (Å²) in [6.45, 7) is 6.16. The molecular weight excluding hydrogens is 204 g/mol. The highest BCUT2D eigenvalue weighted by molar-refractivity contribution is 8.18. The summed E-state index contributed by atoms with van der Waals surface area (Å²) in [5.41, 5.74) is -0.112. The third-order valence-corrected chi connectivity index (χ3v) is 5.72. The summed E-state index contributed by atoms with van der Waals surface area (Å²) in [6.07, 6.45) is 3.89. The van der Waals surface area contributed by atoms with Gasteiger partial charge in [-0.05, 0) is 17.9 Å². The Morgan fingerprint density at radius 3 is 1.62 bits per heavy atom. The molecule has 0 fully saturated rings. The van der Waals surface area contributed by atoms with Crippen LogP contribution in [-0.2, 0) is 9.53 Å². The van der Waals surface area contributed by atoms with Gasteiger partial charge in [-0.3, -0.25) is 0 Å². The number of thioether (sulfide) groups is 2. The minimum atomic E-state index is -0.498. The molecule has 0 saturated carbocycles. The molecule has 0 heterocycles. The van der Waals surface area contributed by atoms with Crippen molar-refractivity contribution in [3.8, 4) is 0 Å². The van der Waals surface area contributed by atoms with Gasteiger partial charge in [0.1, 0.15) is 0 Å². The second kappa shape index (κ2) is 4.60. The summed E-state index contributed by atoms with van der Waals surface area (Å²) in [4.78, 5) is 11.7. The predicted octanol–water partition coefficient (Wildman–Crippen LogP) is 2.63. The molecule has 78 valence electrons. The first-order valence-electron chi connectivity index (χ1n) is 4.04. The fourth-order valence-corrected chi connectivity index (χ4v) is 3.69. The van der Waals surface area contributed by atoms with Crippen molar-refractivity contribution in [3.05, 3.63) is 0 Å². The van der Waals surface area contributed by atoms with E-state index < -0.39 is 4.08 Å². The third kappa shape index (κ3) is 2.34. The topological polar surface area (TPSA) is 26.3 Å². The molecule has 0 bridgehead atoms. The maximum absolute atomic E-state index is 11.7. The standard InChI is InChI=1S/C9H18O2S2/c1-8(2,3)9(12-5,13-6)7(10)11-4/h1-6H3. The zero-order valence-corrected chi connectivity index (χ0v) is 10.8. The number of carbonyl (C=O) groups is 1. The van der Waals surface area contributed by atoms with Crippen LogP contribution < -0.4 is 0 Å². The molecule has 0 unspecified atom stereocenters. The minimum Gasteiger partial charge on any atom is -0.467 e. The van der Waals surface area contributed by atoms with Gasteiger partial charge in [0.2, 0.25) is 0 Å². The SMILES string of the molecule is COC(=O)C(SC)(SC)C(C)(C)C. The Bertz CT molecular complexity index is 181. The summed E-state index contributed by atoms with van der Waals surface area (Å²) in [5, 5.41) is 0. The molecule has 0 atom stereocenters. The van der Waals surface area contributed by atoms with Crippen LogP contribution in [-0.4, -0.2) is 29.7 Å². The van der Waals surface area contributed by atoms with Crippen molar-refractivity contribution < 1.29 is 9.53 Å². The molecule has 4 heteroatoms. The first kappa shape index (κ1) is 13.2. The maximum Gasteiger partial charge on any atom is 0.332 e. The van der Waals surface area contributed by atoms with Crippen molar-refractivity contribution in [1.82, 2.24) is 0 Å². The van der Waals surface area contributed by atoms with Crippen LogP contribution in [0.3, 0.4) is 0 Å². The molecule has 0 radical (unpaired) electrons. The van der Waals surface area contributed by atoms with Gasteiger partial charge in [-0.2, -0.15) is 0 Å². The van der Waals surface area contributed by atoms with Crippen molar-refractivity contribution in [2.75, 3.05) is 19.6 Å². The Kier molecular flexibility index (Phi) is 4.66. The molecule has 0 aromatic rings. The Labute approximate surface area is 89.2 Å². The first-order valence-corrected chi connectivity index (χ1v) is 6.49. The molecule has 0 aromatic carbocycles. The normalized spacial score (nSPS) is 12.8. The van der Waals surface area contributed by atoms with E-state index in [1.807, 2.05) is 12.5 Å². The number of hydrogen-bond acceptors (Lipinski definition) is 4. The third-order valence-electron chi connectivity index (χ3n) is 2.02. The van der Waals surface area contributed by atoms with Gasteiger partial charge in [0.25, 0.3) is 0 Å². The summed E-state index contributed by atoms with van der Waals surface area (Å²) >= 11 is 3.09. The van der Waals surface area contributed by atoms with E-state index in [9.17, 15) is 4.79 Å². The second-order valence-corrected chi connectivity index (χ2v) is 6.07. The van der Waals surface area contributed by atoms with Gasteiger partial charge in [-0.15, -0.1) is 23.5 Å². The smallest absolute Gasteiger partial charge is 0.332 e. The number of ether oxygens (including phenoxy) is 1. The van der Waals surface area contributed by atoms with Crippen molar-refractivity contribution in [3.63, 3.8) is 0 Å². The molecule has 0 N–H and O–H groups in total. The molecule has 0 aliphatic heterocycles. The predicted molar refractivity (Wildman–Crippen MR) is 61.2 cm³/mol. The van der Waals surface area contributed by atoms with E-state index in [0.717, 1.165) is 0 Å². The van der Waals surface area contributed by atoms with Crippen LogP contribution in [0.5, 0.6) is 0 Å². The highest BCUT2D eigenvalue weighted by atomic mass is 32.2. The molecule has 0 amide bonds. The van der Waals surface area contributed by atoms with Crippen molar-refractivity contribution >= 4 is 29.5 Å². The molecule has 0 aromatic heterocycles. The Morgan fingerprint density at radius 2 is 1.54 bits per heavy atom. The maximum atomic E-state index is 11.7. The summed E-state index contributed by atoms with van der Waals surface area (Å²) in [6, 6.07) is 0. The number of carbonyl (C=O) groups excluding carboxylic acids is 1. The van der Waals surface area contributed by atoms with Crippen molar-refractivity contribution in [2.45, 2.75) is 24.9 Å². The average molecular weight is 222 g/mol. The molecule has 0 aliphatic rings. The second-order valence-electron chi connectivity index (χ2n) is 3.77. The number of esters is 1. The fraction of sp³-hybridized carbons (Fsp3) is 0.889. The van der Waals surface area contributed by atoms with Gasteiger partial charge in [0.15, 0.2) is 4.08 Å². The van der Waals surface area contributed by atoms with Crippen LogP contribution in [0.25, 0.3) is 0 Å². The fourth-order valence-electron chi connectivity index (χ4n) is 1.30. The largest absolute Gasteiger partial charge is 0.467 e. The lowest BCUT2D eigenvalue weighted by Crippen LogP contribution is -2.44. The molecule has 13 heavy (non-hydrogen) atoms. The highest BCUT2D eigenvalue weighted by Crippen LogP contribution is 2.48. The Hall–Kier alpha value is 0.170. The van der Waals surface area contributed by atoms with Crippen molar-refractivity contribution in [1.29, 1.82) is 0 Å². The Balaban J connectivity index is 5.03. The van der Waals surface area contributed by atoms with Crippen LogP contribution in [0.2, 0.25) is 0 Å². The summed E-state index contributed by atoms with van der Waals surface area (Å²) in [7, 11) is 1.44. The van der Waals surface area contributed by atoms with E-state index >= 15 is 0 Å².